The number of carbonyl (C=O) groups excluding carboxylic acids is 1. The molecule has 1 N–H and O–H groups in total. The van der Waals surface area contributed by atoms with Gasteiger partial charge in [-0.05, 0) is 44.2 Å². The van der Waals surface area contributed by atoms with E-state index >= 15 is 0 Å². The number of aryl methyl sites for hydroxylation is 1. The van der Waals surface area contributed by atoms with Crippen LogP contribution in [-0.4, -0.2) is 23.2 Å². The number of nitrogens with zero attached hydrogens (tertiary/aromatic N) is 1. The molecule has 0 bridgehead atoms. The van der Waals surface area contributed by atoms with Crippen LogP contribution in [-0.2, 0) is 0 Å². The highest BCUT2D eigenvalue weighted by Crippen LogP contribution is 2.21. The minimum atomic E-state index is -4.46. The summed E-state index contributed by atoms with van der Waals surface area (Å²) in [5.41, 5.74) is 1.95. The standard InChI is InChI=1S/C15H14F4N2O/c1-9-7-13(14(22)20-8-15(17,18)19)10(2)21(9)12-5-3-11(16)4-6-12/h3-7H,8H2,1-2H3,(H,20,22). The largest absolute Gasteiger partial charge is 0.405 e. The fraction of sp³-hybridized carbons (Fsp3) is 0.267. The van der Waals surface area contributed by atoms with Crippen molar-refractivity contribution in [3.8, 4) is 5.69 Å². The van der Waals surface area contributed by atoms with E-state index in [2.05, 4.69) is 0 Å². The zero-order chi connectivity index (χ0) is 16.5. The van der Waals surface area contributed by atoms with Crippen LogP contribution < -0.4 is 5.32 Å². The van der Waals surface area contributed by atoms with Gasteiger partial charge >= 0.3 is 6.18 Å². The number of nitrogens with one attached hydrogen (secondary N) is 1. The van der Waals surface area contributed by atoms with Crippen LogP contribution in [0.3, 0.4) is 0 Å². The van der Waals surface area contributed by atoms with Crippen molar-refractivity contribution in [2.24, 2.45) is 0 Å². The van der Waals surface area contributed by atoms with Crippen LogP contribution >= 0.6 is 0 Å². The third-order valence-electron chi connectivity index (χ3n) is 3.21. The Kier molecular flexibility index (Phi) is 4.25. The summed E-state index contributed by atoms with van der Waals surface area (Å²) in [6, 6.07) is 7.12. The summed E-state index contributed by atoms with van der Waals surface area (Å²) < 4.78 is 51.1. The average molecular weight is 314 g/mol. The fourth-order valence-electron chi connectivity index (χ4n) is 2.26. The van der Waals surface area contributed by atoms with Gasteiger partial charge in [0.25, 0.3) is 5.91 Å². The monoisotopic (exact) mass is 314 g/mol. The van der Waals surface area contributed by atoms with Gasteiger partial charge in [0.2, 0.25) is 0 Å². The first-order chi connectivity index (χ1) is 10.2. The third-order valence-corrected chi connectivity index (χ3v) is 3.21. The molecule has 1 amide bonds. The summed E-state index contributed by atoms with van der Waals surface area (Å²) in [7, 11) is 0. The molecule has 0 atom stereocenters. The van der Waals surface area contributed by atoms with Gasteiger partial charge in [0.05, 0.1) is 5.56 Å². The Morgan fingerprint density at radius 1 is 1.18 bits per heavy atom. The minimum Gasteiger partial charge on any atom is -0.343 e. The molecule has 2 aromatic rings. The summed E-state index contributed by atoms with van der Waals surface area (Å²) in [6.45, 7) is 1.96. The van der Waals surface area contributed by atoms with Gasteiger partial charge in [-0.2, -0.15) is 13.2 Å². The lowest BCUT2D eigenvalue weighted by Gasteiger charge is -2.11. The lowest BCUT2D eigenvalue weighted by Crippen LogP contribution is -2.33. The maximum absolute atomic E-state index is 13.0. The van der Waals surface area contributed by atoms with Crippen LogP contribution in [0, 0.1) is 19.7 Å². The minimum absolute atomic E-state index is 0.158. The van der Waals surface area contributed by atoms with Gasteiger partial charge in [0.1, 0.15) is 12.4 Å². The van der Waals surface area contributed by atoms with Gasteiger partial charge < -0.3 is 9.88 Å². The SMILES string of the molecule is Cc1cc(C(=O)NCC(F)(F)F)c(C)n1-c1ccc(F)cc1. The number of hydrogen-bond acceptors (Lipinski definition) is 1. The first-order valence-electron chi connectivity index (χ1n) is 6.49. The van der Waals surface area contributed by atoms with E-state index in [-0.39, 0.29) is 5.56 Å². The lowest BCUT2D eigenvalue weighted by molar-refractivity contribution is -0.123. The average Bonchev–Trinajstić information content (AvgIpc) is 2.72. The second kappa shape index (κ2) is 5.82. The molecule has 0 aliphatic carbocycles. The summed E-state index contributed by atoms with van der Waals surface area (Å²) >= 11 is 0. The van der Waals surface area contributed by atoms with E-state index in [9.17, 15) is 22.4 Å². The van der Waals surface area contributed by atoms with Crippen LogP contribution in [0.2, 0.25) is 0 Å². The number of benzene rings is 1. The van der Waals surface area contributed by atoms with Gasteiger partial charge in [0.15, 0.2) is 0 Å². The van der Waals surface area contributed by atoms with Crippen LogP contribution in [0.5, 0.6) is 0 Å². The second-order valence-corrected chi connectivity index (χ2v) is 4.89. The van der Waals surface area contributed by atoms with E-state index in [0.717, 1.165) is 0 Å². The van der Waals surface area contributed by atoms with Crippen LogP contribution in [0.4, 0.5) is 17.6 Å². The molecule has 0 unspecified atom stereocenters. The van der Waals surface area contributed by atoms with Crippen molar-refractivity contribution < 1.29 is 22.4 Å². The topological polar surface area (TPSA) is 34.0 Å². The molecule has 0 radical (unpaired) electrons. The third kappa shape index (κ3) is 3.47. The molecule has 1 heterocycles. The predicted molar refractivity (Wildman–Crippen MR) is 73.6 cm³/mol. The number of carbonyl (C=O) groups is 1. The quantitative estimate of drug-likeness (QED) is 0.864. The molecule has 0 fully saturated rings. The number of rotatable bonds is 3. The van der Waals surface area contributed by atoms with Gasteiger partial charge in [-0.3, -0.25) is 4.79 Å². The molecule has 118 valence electrons. The molecular weight excluding hydrogens is 300 g/mol. The van der Waals surface area contributed by atoms with Gasteiger partial charge in [0, 0.05) is 17.1 Å². The number of alkyl halides is 3. The highest BCUT2D eigenvalue weighted by atomic mass is 19.4. The maximum Gasteiger partial charge on any atom is 0.405 e. The van der Waals surface area contributed by atoms with Gasteiger partial charge in [-0.15, -0.1) is 0 Å². The van der Waals surface area contributed by atoms with Crippen molar-refractivity contribution in [2.45, 2.75) is 20.0 Å². The van der Waals surface area contributed by atoms with Crippen molar-refractivity contribution in [1.82, 2.24) is 9.88 Å². The molecule has 7 heteroatoms. The van der Waals surface area contributed by atoms with E-state index in [4.69, 9.17) is 0 Å². The molecule has 1 aromatic carbocycles. The fourth-order valence-corrected chi connectivity index (χ4v) is 2.26. The number of halogens is 4. The Labute approximate surface area is 124 Å². The molecule has 2 rings (SSSR count). The Morgan fingerprint density at radius 3 is 2.32 bits per heavy atom. The number of hydrogen-bond donors (Lipinski definition) is 1. The zero-order valence-corrected chi connectivity index (χ0v) is 12.0. The molecule has 0 aliphatic heterocycles. The molecule has 0 spiro atoms. The second-order valence-electron chi connectivity index (χ2n) is 4.89. The Hall–Kier alpha value is -2.31. The van der Waals surface area contributed by atoms with E-state index in [1.54, 1.807) is 18.4 Å². The van der Waals surface area contributed by atoms with E-state index in [1.165, 1.54) is 30.3 Å². The van der Waals surface area contributed by atoms with E-state index < -0.39 is 24.4 Å². The maximum atomic E-state index is 13.0. The highest BCUT2D eigenvalue weighted by molar-refractivity contribution is 5.95. The first-order valence-corrected chi connectivity index (χ1v) is 6.49. The predicted octanol–water partition coefficient (Wildman–Crippen LogP) is 3.53. The van der Waals surface area contributed by atoms with Crippen molar-refractivity contribution in [2.75, 3.05) is 6.54 Å². The number of aromatic nitrogens is 1. The van der Waals surface area contributed by atoms with Crippen molar-refractivity contribution >= 4 is 5.91 Å². The van der Waals surface area contributed by atoms with Crippen LogP contribution in [0.1, 0.15) is 21.7 Å². The molecule has 22 heavy (non-hydrogen) atoms. The van der Waals surface area contributed by atoms with Crippen molar-refractivity contribution in [3.05, 3.63) is 53.1 Å². The Bertz CT molecular complexity index is 687. The zero-order valence-electron chi connectivity index (χ0n) is 12.0. The summed E-state index contributed by atoms with van der Waals surface area (Å²) in [5, 5.41) is 1.84. The van der Waals surface area contributed by atoms with Crippen LogP contribution in [0.25, 0.3) is 5.69 Å². The molecule has 1 aromatic heterocycles. The molecule has 0 saturated carbocycles. The summed E-state index contributed by atoms with van der Waals surface area (Å²) in [6.07, 6.45) is -4.46. The molecular formula is C15H14F4N2O. The van der Waals surface area contributed by atoms with E-state index in [1.807, 2.05) is 5.32 Å². The van der Waals surface area contributed by atoms with Crippen LogP contribution in [0.15, 0.2) is 30.3 Å². The highest BCUT2D eigenvalue weighted by Gasteiger charge is 2.28. The smallest absolute Gasteiger partial charge is 0.343 e. The summed E-state index contributed by atoms with van der Waals surface area (Å²) in [4.78, 5) is 11.9. The normalized spacial score (nSPS) is 11.5. The molecule has 0 saturated heterocycles. The van der Waals surface area contributed by atoms with Crippen molar-refractivity contribution in [1.29, 1.82) is 0 Å². The molecule has 3 nitrogen and oxygen atoms in total. The first kappa shape index (κ1) is 16.1. The van der Waals surface area contributed by atoms with Gasteiger partial charge in [-0.1, -0.05) is 0 Å². The van der Waals surface area contributed by atoms with Gasteiger partial charge in [-0.25, -0.2) is 4.39 Å². The lowest BCUT2D eigenvalue weighted by atomic mass is 10.2. The van der Waals surface area contributed by atoms with E-state index in [0.29, 0.717) is 17.1 Å². The van der Waals surface area contributed by atoms with Crippen molar-refractivity contribution in [3.63, 3.8) is 0 Å². The summed E-state index contributed by atoms with van der Waals surface area (Å²) in [5.74, 6) is -1.19. The Morgan fingerprint density at radius 2 is 1.77 bits per heavy atom. The Balaban J connectivity index is 2.31. The molecule has 0 aliphatic rings. The number of amides is 1.